The zero-order chi connectivity index (χ0) is 17.2. The Labute approximate surface area is 145 Å². The highest BCUT2D eigenvalue weighted by Gasteiger charge is 2.15. The van der Waals surface area contributed by atoms with Crippen LogP contribution in [-0.2, 0) is 6.42 Å². The summed E-state index contributed by atoms with van der Waals surface area (Å²) < 4.78 is 1.93. The Balaban J connectivity index is 1.40. The zero-order valence-corrected chi connectivity index (χ0v) is 13.9. The molecule has 4 aromatic heterocycles. The highest BCUT2D eigenvalue weighted by Crippen LogP contribution is 2.20. The number of fused-ring (bicyclic) bond motifs is 2. The fourth-order valence-corrected chi connectivity index (χ4v) is 3.54. The molecule has 126 valence electrons. The van der Waals surface area contributed by atoms with Crippen LogP contribution in [0.25, 0.3) is 15.9 Å². The summed E-state index contributed by atoms with van der Waals surface area (Å²) in [6.45, 7) is 0.482. The number of nitrogens with one attached hydrogen (secondary N) is 2. The van der Waals surface area contributed by atoms with Crippen LogP contribution in [0.2, 0.25) is 0 Å². The summed E-state index contributed by atoms with van der Waals surface area (Å²) in [6.07, 6.45) is 4.67. The van der Waals surface area contributed by atoms with E-state index >= 15 is 0 Å². The fraction of sp³-hybridized carbons (Fsp3) is 0.188. The normalized spacial score (nSPS) is 11.2. The molecule has 0 spiro atoms. The van der Waals surface area contributed by atoms with Crippen LogP contribution in [-0.4, -0.2) is 37.0 Å². The minimum absolute atomic E-state index is 0.268. The molecule has 0 aliphatic carbocycles. The van der Waals surface area contributed by atoms with Crippen molar-refractivity contribution in [2.45, 2.75) is 12.8 Å². The van der Waals surface area contributed by atoms with Crippen LogP contribution < -0.4 is 10.9 Å². The third kappa shape index (κ3) is 2.89. The molecule has 0 saturated carbocycles. The van der Waals surface area contributed by atoms with E-state index in [9.17, 15) is 9.59 Å². The summed E-state index contributed by atoms with van der Waals surface area (Å²) in [5.74, 6) is 0.585. The number of aromatic nitrogens is 5. The number of aryl methyl sites for hydroxylation is 1. The minimum Gasteiger partial charge on any atom is -0.352 e. The van der Waals surface area contributed by atoms with Gasteiger partial charge in [0, 0.05) is 24.5 Å². The van der Waals surface area contributed by atoms with E-state index in [4.69, 9.17) is 0 Å². The van der Waals surface area contributed by atoms with Gasteiger partial charge in [-0.15, -0.1) is 21.5 Å². The lowest BCUT2D eigenvalue weighted by atomic mass is 10.2. The molecule has 25 heavy (non-hydrogen) atoms. The van der Waals surface area contributed by atoms with Gasteiger partial charge >= 0.3 is 0 Å². The highest BCUT2D eigenvalue weighted by atomic mass is 32.1. The second kappa shape index (κ2) is 6.44. The molecule has 0 unspecified atom stereocenters. The summed E-state index contributed by atoms with van der Waals surface area (Å²) in [4.78, 5) is 31.3. The summed E-state index contributed by atoms with van der Waals surface area (Å²) in [6, 6.07) is 5.73. The Kier molecular flexibility index (Phi) is 3.98. The monoisotopic (exact) mass is 354 g/mol. The smallest absolute Gasteiger partial charge is 0.260 e. The Bertz CT molecular complexity index is 1110. The van der Waals surface area contributed by atoms with E-state index in [-0.39, 0.29) is 11.5 Å². The number of pyridine rings is 1. The number of carbonyl (C=O) groups excluding carboxylic acids is 1. The number of hydrogen-bond acceptors (Lipinski definition) is 6. The molecule has 0 bridgehead atoms. The van der Waals surface area contributed by atoms with Crippen molar-refractivity contribution < 1.29 is 4.79 Å². The third-order valence-electron chi connectivity index (χ3n) is 3.87. The molecule has 4 rings (SSSR count). The number of aromatic amines is 1. The van der Waals surface area contributed by atoms with Crippen LogP contribution in [0, 0.1) is 0 Å². The molecule has 0 fully saturated rings. The summed E-state index contributed by atoms with van der Waals surface area (Å²) in [5.41, 5.74) is 0.867. The summed E-state index contributed by atoms with van der Waals surface area (Å²) in [5, 5.41) is 13.1. The van der Waals surface area contributed by atoms with Gasteiger partial charge in [0.2, 0.25) is 0 Å². The van der Waals surface area contributed by atoms with Crippen LogP contribution in [0.3, 0.4) is 0 Å². The van der Waals surface area contributed by atoms with E-state index in [2.05, 4.69) is 25.5 Å². The van der Waals surface area contributed by atoms with Gasteiger partial charge in [0.1, 0.15) is 10.7 Å². The largest absolute Gasteiger partial charge is 0.352 e. The molecule has 9 heteroatoms. The topological polar surface area (TPSA) is 105 Å². The first-order valence-electron chi connectivity index (χ1n) is 7.76. The Morgan fingerprint density at radius 3 is 3.16 bits per heavy atom. The predicted octanol–water partition coefficient (Wildman–Crippen LogP) is 1.39. The van der Waals surface area contributed by atoms with E-state index < -0.39 is 0 Å². The molecule has 2 N–H and O–H groups in total. The van der Waals surface area contributed by atoms with E-state index in [0.717, 1.165) is 17.9 Å². The quantitative estimate of drug-likeness (QED) is 0.527. The van der Waals surface area contributed by atoms with Gasteiger partial charge in [-0.3, -0.25) is 14.0 Å². The number of hydrogen-bond donors (Lipinski definition) is 2. The standard InChI is InChI=1S/C16H14N6O2S/c23-14(10-8-25-16-13(10)15(24)18-9-19-16)17-6-3-5-12-21-20-11-4-1-2-7-22(11)12/h1-2,4,7-9H,3,5-6H2,(H,17,23)(H,18,19,24). The lowest BCUT2D eigenvalue weighted by Gasteiger charge is -2.04. The SMILES string of the molecule is O=C(NCCCc1nnc2ccccn12)c1csc2nc[nH]c(=O)c12. The molecule has 4 heterocycles. The molecular formula is C16H14N6O2S. The van der Waals surface area contributed by atoms with Crippen LogP contribution in [0.5, 0.6) is 0 Å². The van der Waals surface area contributed by atoms with Crippen molar-refractivity contribution >= 4 is 33.1 Å². The molecule has 8 nitrogen and oxygen atoms in total. The van der Waals surface area contributed by atoms with Crippen molar-refractivity contribution in [1.29, 1.82) is 0 Å². The van der Waals surface area contributed by atoms with Gasteiger partial charge in [0.25, 0.3) is 11.5 Å². The average Bonchev–Trinajstić information content (AvgIpc) is 3.24. The summed E-state index contributed by atoms with van der Waals surface area (Å²) in [7, 11) is 0. The molecule has 1 amide bonds. The molecule has 0 radical (unpaired) electrons. The van der Waals surface area contributed by atoms with Crippen molar-refractivity contribution in [2.75, 3.05) is 6.54 Å². The van der Waals surface area contributed by atoms with Crippen molar-refractivity contribution in [3.8, 4) is 0 Å². The van der Waals surface area contributed by atoms with Crippen molar-refractivity contribution in [2.24, 2.45) is 0 Å². The molecule has 0 aromatic carbocycles. The molecular weight excluding hydrogens is 340 g/mol. The minimum atomic E-state index is -0.300. The first kappa shape index (κ1) is 15.5. The van der Waals surface area contributed by atoms with Gasteiger partial charge in [0.05, 0.1) is 17.3 Å². The Morgan fingerprint density at radius 2 is 2.24 bits per heavy atom. The van der Waals surface area contributed by atoms with Crippen molar-refractivity contribution in [3.63, 3.8) is 0 Å². The van der Waals surface area contributed by atoms with Gasteiger partial charge in [-0.05, 0) is 18.6 Å². The van der Waals surface area contributed by atoms with Crippen LogP contribution >= 0.6 is 11.3 Å². The van der Waals surface area contributed by atoms with E-state index in [1.165, 1.54) is 17.7 Å². The number of carbonyl (C=O) groups is 1. The lowest BCUT2D eigenvalue weighted by molar-refractivity contribution is 0.0955. The van der Waals surface area contributed by atoms with Gasteiger partial charge < -0.3 is 10.3 Å². The second-order valence-electron chi connectivity index (χ2n) is 5.47. The molecule has 0 aliphatic heterocycles. The van der Waals surface area contributed by atoms with Crippen molar-refractivity contribution in [3.05, 3.63) is 57.8 Å². The number of amides is 1. The second-order valence-corrected chi connectivity index (χ2v) is 6.32. The van der Waals surface area contributed by atoms with Gasteiger partial charge in [-0.1, -0.05) is 6.07 Å². The number of H-pyrrole nitrogens is 1. The first-order valence-corrected chi connectivity index (χ1v) is 8.64. The summed E-state index contributed by atoms with van der Waals surface area (Å²) >= 11 is 1.28. The maximum atomic E-state index is 12.3. The van der Waals surface area contributed by atoms with E-state index in [1.807, 2.05) is 28.8 Å². The number of rotatable bonds is 5. The predicted molar refractivity (Wildman–Crippen MR) is 93.9 cm³/mol. The van der Waals surface area contributed by atoms with Crippen LogP contribution in [0.15, 0.2) is 40.9 Å². The maximum Gasteiger partial charge on any atom is 0.260 e. The molecule has 4 aromatic rings. The Morgan fingerprint density at radius 1 is 1.32 bits per heavy atom. The van der Waals surface area contributed by atoms with E-state index in [1.54, 1.807) is 5.38 Å². The van der Waals surface area contributed by atoms with Gasteiger partial charge in [-0.2, -0.15) is 0 Å². The number of nitrogens with zero attached hydrogens (tertiary/aromatic N) is 4. The molecule has 0 atom stereocenters. The highest BCUT2D eigenvalue weighted by molar-refractivity contribution is 7.17. The lowest BCUT2D eigenvalue weighted by Crippen LogP contribution is -2.25. The van der Waals surface area contributed by atoms with Gasteiger partial charge in [-0.25, -0.2) is 4.98 Å². The van der Waals surface area contributed by atoms with Crippen LogP contribution in [0.4, 0.5) is 0 Å². The Hall–Kier alpha value is -3.07. The van der Waals surface area contributed by atoms with Crippen molar-refractivity contribution in [1.82, 2.24) is 29.9 Å². The van der Waals surface area contributed by atoms with E-state index in [0.29, 0.717) is 28.7 Å². The average molecular weight is 354 g/mol. The third-order valence-corrected chi connectivity index (χ3v) is 4.75. The first-order chi connectivity index (χ1) is 12.2. The fourth-order valence-electron chi connectivity index (χ4n) is 2.66. The maximum absolute atomic E-state index is 12.3. The molecule has 0 aliphatic rings. The number of thiophene rings is 1. The zero-order valence-electron chi connectivity index (χ0n) is 13.1. The van der Waals surface area contributed by atoms with Crippen LogP contribution in [0.1, 0.15) is 22.6 Å². The van der Waals surface area contributed by atoms with Gasteiger partial charge in [0.15, 0.2) is 5.65 Å². The molecule has 0 saturated heterocycles.